The first kappa shape index (κ1) is 13.7. The van der Waals surface area contributed by atoms with Crippen LogP contribution in [0.25, 0.3) is 0 Å². The van der Waals surface area contributed by atoms with Gasteiger partial charge in [-0.05, 0) is 38.1 Å². The largest absolute Gasteiger partial charge is 0.484 e. The summed E-state index contributed by atoms with van der Waals surface area (Å²) in [6.07, 6.45) is 0. The number of nitrogens with two attached hydrogens (primary N) is 1. The zero-order chi connectivity index (χ0) is 15.0. The highest BCUT2D eigenvalue weighted by Gasteiger charge is 2.32. The summed E-state index contributed by atoms with van der Waals surface area (Å²) in [7, 11) is 0. The van der Waals surface area contributed by atoms with E-state index in [2.05, 4.69) is 4.90 Å². The van der Waals surface area contributed by atoms with Gasteiger partial charge in [-0.1, -0.05) is 18.2 Å². The van der Waals surface area contributed by atoms with E-state index in [4.69, 9.17) is 10.5 Å². The van der Waals surface area contributed by atoms with E-state index >= 15 is 0 Å². The fraction of sp³-hybridized carbons (Fsp3) is 0.294. The third kappa shape index (κ3) is 2.79. The number of ether oxygens (including phenoxy) is 1. The lowest BCUT2D eigenvalue weighted by molar-refractivity contribution is 0.104. The molecular formula is C17H19FN2O. The van der Waals surface area contributed by atoms with Crippen molar-refractivity contribution in [3.63, 3.8) is 0 Å². The van der Waals surface area contributed by atoms with Crippen LogP contribution in [0.1, 0.15) is 19.4 Å². The summed E-state index contributed by atoms with van der Waals surface area (Å²) >= 11 is 0. The van der Waals surface area contributed by atoms with E-state index < -0.39 is 0 Å². The highest BCUT2D eigenvalue weighted by Crippen LogP contribution is 2.39. The van der Waals surface area contributed by atoms with Gasteiger partial charge in [-0.25, -0.2) is 4.39 Å². The monoisotopic (exact) mass is 286 g/mol. The quantitative estimate of drug-likeness (QED) is 0.857. The number of anilines is 2. The standard InChI is InChI=1S/C17H19FN2O/c1-17(2)11-20(10-12-5-3-4-6-14(12)18)15-9-13(19)7-8-16(15)21-17/h3-9H,10-11,19H2,1-2H3. The number of hydrogen-bond acceptors (Lipinski definition) is 3. The normalized spacial score (nSPS) is 16.2. The third-order valence-corrected chi connectivity index (χ3v) is 3.60. The highest BCUT2D eigenvalue weighted by molar-refractivity contribution is 5.66. The first-order valence-corrected chi connectivity index (χ1v) is 7.01. The molecule has 21 heavy (non-hydrogen) atoms. The molecule has 0 radical (unpaired) electrons. The number of halogens is 1. The van der Waals surface area contributed by atoms with Crippen molar-refractivity contribution in [2.24, 2.45) is 0 Å². The van der Waals surface area contributed by atoms with E-state index in [0.717, 1.165) is 11.4 Å². The molecule has 0 saturated heterocycles. The minimum Gasteiger partial charge on any atom is -0.484 e. The van der Waals surface area contributed by atoms with Gasteiger partial charge in [0.15, 0.2) is 0 Å². The van der Waals surface area contributed by atoms with Gasteiger partial charge < -0.3 is 15.4 Å². The van der Waals surface area contributed by atoms with Crippen LogP contribution in [0.5, 0.6) is 5.75 Å². The molecule has 0 aliphatic carbocycles. The second-order valence-corrected chi connectivity index (χ2v) is 6.04. The van der Waals surface area contributed by atoms with Gasteiger partial charge in [-0.3, -0.25) is 0 Å². The summed E-state index contributed by atoms with van der Waals surface area (Å²) in [5.74, 6) is 0.601. The van der Waals surface area contributed by atoms with Crippen LogP contribution in [0.2, 0.25) is 0 Å². The lowest BCUT2D eigenvalue weighted by atomic mass is 10.0. The minimum atomic E-state index is -0.325. The average Bonchev–Trinajstić information content (AvgIpc) is 2.41. The van der Waals surface area contributed by atoms with E-state index in [-0.39, 0.29) is 11.4 Å². The van der Waals surface area contributed by atoms with Crippen molar-refractivity contribution < 1.29 is 9.13 Å². The van der Waals surface area contributed by atoms with E-state index in [1.54, 1.807) is 6.07 Å². The molecular weight excluding hydrogens is 267 g/mol. The number of benzene rings is 2. The molecule has 2 aromatic carbocycles. The smallest absolute Gasteiger partial charge is 0.143 e. The number of nitrogen functional groups attached to an aromatic ring is 1. The molecule has 110 valence electrons. The van der Waals surface area contributed by atoms with Crippen LogP contribution in [-0.4, -0.2) is 12.1 Å². The van der Waals surface area contributed by atoms with Crippen LogP contribution in [0.15, 0.2) is 42.5 Å². The number of fused-ring (bicyclic) bond motifs is 1. The van der Waals surface area contributed by atoms with Crippen molar-refractivity contribution in [2.45, 2.75) is 26.0 Å². The zero-order valence-electron chi connectivity index (χ0n) is 12.3. The van der Waals surface area contributed by atoms with Crippen LogP contribution in [0, 0.1) is 5.82 Å². The molecule has 3 nitrogen and oxygen atoms in total. The van der Waals surface area contributed by atoms with Gasteiger partial charge >= 0.3 is 0 Å². The molecule has 1 heterocycles. The highest BCUT2D eigenvalue weighted by atomic mass is 19.1. The van der Waals surface area contributed by atoms with Crippen LogP contribution in [0.4, 0.5) is 15.8 Å². The second kappa shape index (κ2) is 4.95. The number of nitrogens with zero attached hydrogens (tertiary/aromatic N) is 1. The van der Waals surface area contributed by atoms with Gasteiger partial charge in [0, 0.05) is 17.8 Å². The predicted molar refractivity (Wildman–Crippen MR) is 83.0 cm³/mol. The van der Waals surface area contributed by atoms with Crippen LogP contribution >= 0.6 is 0 Å². The first-order chi connectivity index (χ1) is 9.94. The number of rotatable bonds is 2. The third-order valence-electron chi connectivity index (χ3n) is 3.60. The lowest BCUT2D eigenvalue weighted by Gasteiger charge is -2.41. The van der Waals surface area contributed by atoms with Crippen molar-refractivity contribution in [1.29, 1.82) is 0 Å². The summed E-state index contributed by atoms with van der Waals surface area (Å²) < 4.78 is 19.9. The Morgan fingerprint density at radius 3 is 2.76 bits per heavy atom. The fourth-order valence-electron chi connectivity index (χ4n) is 2.72. The topological polar surface area (TPSA) is 38.5 Å². The summed E-state index contributed by atoms with van der Waals surface area (Å²) in [4.78, 5) is 2.12. The van der Waals surface area contributed by atoms with Crippen LogP contribution in [0.3, 0.4) is 0 Å². The minimum absolute atomic E-state index is 0.188. The molecule has 0 atom stereocenters. The van der Waals surface area contributed by atoms with Crippen molar-refractivity contribution in [3.05, 3.63) is 53.8 Å². The summed E-state index contributed by atoms with van der Waals surface area (Å²) in [6, 6.07) is 12.4. The Bertz CT molecular complexity index is 670. The van der Waals surface area contributed by atoms with Gasteiger partial charge in [-0.15, -0.1) is 0 Å². The molecule has 4 heteroatoms. The van der Waals surface area contributed by atoms with Crippen LogP contribution < -0.4 is 15.4 Å². The van der Waals surface area contributed by atoms with Crippen molar-refractivity contribution in [3.8, 4) is 5.75 Å². The Hall–Kier alpha value is -2.23. The molecule has 0 spiro atoms. The maximum absolute atomic E-state index is 13.9. The molecule has 0 amide bonds. The summed E-state index contributed by atoms with van der Waals surface area (Å²) in [5, 5.41) is 0. The molecule has 2 aromatic rings. The fourth-order valence-corrected chi connectivity index (χ4v) is 2.72. The van der Waals surface area contributed by atoms with Crippen molar-refractivity contribution in [1.82, 2.24) is 0 Å². The lowest BCUT2D eigenvalue weighted by Crippen LogP contribution is -2.46. The van der Waals surface area contributed by atoms with Gasteiger partial charge in [0.1, 0.15) is 17.2 Å². The van der Waals surface area contributed by atoms with E-state index in [1.807, 2.05) is 44.2 Å². The Morgan fingerprint density at radius 2 is 2.00 bits per heavy atom. The molecule has 0 bridgehead atoms. The van der Waals surface area contributed by atoms with Crippen LogP contribution in [-0.2, 0) is 6.54 Å². The Balaban J connectivity index is 1.98. The zero-order valence-corrected chi connectivity index (χ0v) is 12.3. The first-order valence-electron chi connectivity index (χ1n) is 7.01. The molecule has 2 N–H and O–H groups in total. The molecule has 0 unspecified atom stereocenters. The summed E-state index contributed by atoms with van der Waals surface area (Å²) in [6.45, 7) is 5.23. The maximum atomic E-state index is 13.9. The van der Waals surface area contributed by atoms with E-state index in [1.165, 1.54) is 6.07 Å². The molecule has 0 fully saturated rings. The predicted octanol–water partition coefficient (Wildman–Crippen LogP) is 3.59. The van der Waals surface area contributed by atoms with Gasteiger partial charge in [0.25, 0.3) is 0 Å². The second-order valence-electron chi connectivity index (χ2n) is 6.04. The Kier molecular flexibility index (Phi) is 3.24. The van der Waals surface area contributed by atoms with E-state index in [9.17, 15) is 4.39 Å². The Morgan fingerprint density at radius 1 is 1.24 bits per heavy atom. The molecule has 0 saturated carbocycles. The van der Waals surface area contributed by atoms with Gasteiger partial charge in [0.05, 0.1) is 12.2 Å². The molecule has 1 aliphatic heterocycles. The maximum Gasteiger partial charge on any atom is 0.143 e. The molecule has 3 rings (SSSR count). The SMILES string of the molecule is CC1(C)CN(Cc2ccccc2F)c2cc(N)ccc2O1. The average molecular weight is 286 g/mol. The number of hydrogen-bond donors (Lipinski definition) is 1. The Labute approximate surface area is 124 Å². The summed E-state index contributed by atoms with van der Waals surface area (Å²) in [5.41, 5.74) is 7.81. The van der Waals surface area contributed by atoms with Gasteiger partial charge in [0.2, 0.25) is 0 Å². The van der Waals surface area contributed by atoms with Crippen molar-refractivity contribution in [2.75, 3.05) is 17.2 Å². The van der Waals surface area contributed by atoms with Crippen molar-refractivity contribution >= 4 is 11.4 Å². The molecule has 0 aromatic heterocycles. The van der Waals surface area contributed by atoms with Gasteiger partial charge in [-0.2, -0.15) is 0 Å². The molecule has 1 aliphatic rings. The van der Waals surface area contributed by atoms with E-state index in [0.29, 0.717) is 24.3 Å².